The Bertz CT molecular complexity index is 1380. The topological polar surface area (TPSA) is 153 Å². The molecule has 1 aromatic carbocycles. The minimum absolute atomic E-state index is 0.0420. The molecule has 0 amide bonds. The Labute approximate surface area is 204 Å². The van der Waals surface area contributed by atoms with Crippen molar-refractivity contribution in [1.82, 2.24) is 19.8 Å². The van der Waals surface area contributed by atoms with Crippen molar-refractivity contribution < 1.29 is 26.1 Å². The van der Waals surface area contributed by atoms with Crippen LogP contribution in [0.1, 0.15) is 32.1 Å². The molecule has 0 spiro atoms. The molecule has 1 aliphatic carbocycles. The van der Waals surface area contributed by atoms with E-state index in [4.69, 9.17) is 9.26 Å². The minimum Gasteiger partial charge on any atom is -0.490 e. The van der Waals surface area contributed by atoms with Crippen LogP contribution in [0, 0.1) is 0 Å². The second-order valence-electron chi connectivity index (χ2n) is 8.84. The summed E-state index contributed by atoms with van der Waals surface area (Å²) in [5.41, 5.74) is 1.60. The lowest BCUT2D eigenvalue weighted by Crippen LogP contribution is -2.39. The number of fused-ring (bicyclic) bond motifs is 1. The number of benzene rings is 1. The molecule has 1 fully saturated rings. The summed E-state index contributed by atoms with van der Waals surface area (Å²) in [6.45, 7) is 0.242. The highest BCUT2D eigenvalue weighted by atomic mass is 32.2. The molecule has 0 aliphatic heterocycles. The Kier molecular flexibility index (Phi) is 7.57. The Morgan fingerprint density at radius 3 is 2.51 bits per heavy atom. The van der Waals surface area contributed by atoms with E-state index in [1.165, 1.54) is 12.5 Å². The van der Waals surface area contributed by atoms with Crippen molar-refractivity contribution in [3.05, 3.63) is 30.5 Å². The average molecular weight is 524 g/mol. The molecule has 11 nitrogen and oxygen atoms in total. The Hall–Kier alpha value is -2.77. The van der Waals surface area contributed by atoms with Gasteiger partial charge in [-0.15, -0.1) is 0 Å². The van der Waals surface area contributed by atoms with Gasteiger partial charge in [0.1, 0.15) is 15.5 Å². The first kappa shape index (κ1) is 25.3. The summed E-state index contributed by atoms with van der Waals surface area (Å²) in [4.78, 5) is 8.93. The van der Waals surface area contributed by atoms with Gasteiger partial charge in [-0.3, -0.25) is 0 Å². The van der Waals surface area contributed by atoms with Crippen LogP contribution in [0.15, 0.2) is 35.0 Å². The zero-order valence-electron chi connectivity index (χ0n) is 19.6. The number of para-hydroxylation sites is 1. The first-order valence-corrected chi connectivity index (χ1v) is 15.3. The summed E-state index contributed by atoms with van der Waals surface area (Å²) in [6, 6.07) is 7.27. The molecule has 0 unspecified atom stereocenters. The fraction of sp³-hybridized carbons (Fsp3) is 0.500. The van der Waals surface area contributed by atoms with E-state index in [9.17, 15) is 16.8 Å². The molecular formula is C22H29N5O6S2. The number of ether oxygens (including phenoxy) is 1. The van der Waals surface area contributed by atoms with Gasteiger partial charge in [0.2, 0.25) is 21.6 Å². The fourth-order valence-electron chi connectivity index (χ4n) is 4.14. The van der Waals surface area contributed by atoms with Crippen molar-refractivity contribution in [3.63, 3.8) is 0 Å². The molecule has 0 radical (unpaired) electrons. The molecule has 35 heavy (non-hydrogen) atoms. The van der Waals surface area contributed by atoms with Crippen LogP contribution in [0.25, 0.3) is 22.4 Å². The maximum absolute atomic E-state index is 11.4. The normalized spacial score (nSPS) is 19.0. The Morgan fingerprint density at radius 2 is 1.80 bits per heavy atom. The molecule has 1 aliphatic rings. The number of nitrogens with zero attached hydrogens (tertiary/aromatic N) is 3. The van der Waals surface area contributed by atoms with Crippen LogP contribution in [0.4, 0.5) is 5.95 Å². The number of hydrogen-bond donors (Lipinski definition) is 2. The molecule has 0 atom stereocenters. The number of anilines is 1. The molecule has 3 aromatic rings. The maximum Gasteiger partial charge on any atom is 0.223 e. The van der Waals surface area contributed by atoms with Gasteiger partial charge in [-0.05, 0) is 50.3 Å². The van der Waals surface area contributed by atoms with Crippen molar-refractivity contribution >= 4 is 36.8 Å². The van der Waals surface area contributed by atoms with E-state index in [1.807, 2.05) is 12.1 Å². The van der Waals surface area contributed by atoms with E-state index >= 15 is 0 Å². The largest absolute Gasteiger partial charge is 0.490 e. The Morgan fingerprint density at radius 1 is 1.06 bits per heavy atom. The van der Waals surface area contributed by atoms with Crippen molar-refractivity contribution in [2.45, 2.75) is 44.2 Å². The fourth-order valence-corrected chi connectivity index (χ4v) is 5.62. The van der Waals surface area contributed by atoms with Gasteiger partial charge >= 0.3 is 0 Å². The zero-order valence-corrected chi connectivity index (χ0v) is 21.2. The van der Waals surface area contributed by atoms with Crippen LogP contribution in [0.3, 0.4) is 0 Å². The van der Waals surface area contributed by atoms with E-state index in [1.54, 1.807) is 18.3 Å². The summed E-state index contributed by atoms with van der Waals surface area (Å²) >= 11 is 0. The van der Waals surface area contributed by atoms with Gasteiger partial charge in [-0.25, -0.2) is 31.5 Å². The zero-order chi connectivity index (χ0) is 25.1. The number of aromatic nitrogens is 3. The predicted molar refractivity (Wildman–Crippen MR) is 133 cm³/mol. The molecule has 190 valence electrons. The number of sulfone groups is 1. The second-order valence-corrected chi connectivity index (χ2v) is 12.9. The maximum atomic E-state index is 11.4. The molecule has 2 heterocycles. The van der Waals surface area contributed by atoms with E-state index in [0.717, 1.165) is 31.1 Å². The van der Waals surface area contributed by atoms with Gasteiger partial charge in [-0.2, -0.15) is 0 Å². The van der Waals surface area contributed by atoms with Crippen molar-refractivity contribution in [3.8, 4) is 17.1 Å². The highest BCUT2D eigenvalue weighted by molar-refractivity contribution is 7.90. The molecule has 0 saturated heterocycles. The van der Waals surface area contributed by atoms with Gasteiger partial charge in [-0.1, -0.05) is 11.2 Å². The average Bonchev–Trinajstić information content (AvgIpc) is 3.22. The van der Waals surface area contributed by atoms with E-state index in [2.05, 4.69) is 25.2 Å². The smallest absolute Gasteiger partial charge is 0.223 e. The lowest BCUT2D eigenvalue weighted by atomic mass is 9.92. The van der Waals surface area contributed by atoms with Gasteiger partial charge in [0, 0.05) is 24.5 Å². The Balaban J connectivity index is 1.43. The summed E-state index contributed by atoms with van der Waals surface area (Å²) in [5.74, 6) is 1.00. The van der Waals surface area contributed by atoms with Gasteiger partial charge < -0.3 is 14.6 Å². The SMILES string of the molecule is CS(=O)(=O)CCCOc1cccc2c(-c3ccnc(N[C@H]4CC[C@H](NS(C)(=O)=O)CC4)n3)noc12. The molecule has 4 rings (SSSR count). The molecule has 13 heteroatoms. The highest BCUT2D eigenvalue weighted by Gasteiger charge is 2.24. The van der Waals surface area contributed by atoms with Crippen LogP contribution in [0.5, 0.6) is 5.75 Å². The van der Waals surface area contributed by atoms with Gasteiger partial charge in [0.15, 0.2) is 5.75 Å². The summed E-state index contributed by atoms with van der Waals surface area (Å²) in [7, 11) is -6.25. The first-order valence-electron chi connectivity index (χ1n) is 11.3. The number of sulfonamides is 1. The number of hydrogen-bond acceptors (Lipinski definition) is 10. The van der Waals surface area contributed by atoms with Crippen molar-refractivity contribution in [1.29, 1.82) is 0 Å². The van der Waals surface area contributed by atoms with Gasteiger partial charge in [0.05, 0.1) is 29.7 Å². The van der Waals surface area contributed by atoms with Crippen molar-refractivity contribution in [2.24, 2.45) is 0 Å². The molecule has 1 saturated carbocycles. The van der Waals surface area contributed by atoms with Crippen LogP contribution < -0.4 is 14.8 Å². The van der Waals surface area contributed by atoms with Crippen LogP contribution in [-0.2, 0) is 19.9 Å². The molecule has 2 N–H and O–H groups in total. The van der Waals surface area contributed by atoms with Crippen LogP contribution in [-0.4, -0.2) is 68.9 Å². The van der Waals surface area contributed by atoms with Crippen molar-refractivity contribution in [2.75, 3.05) is 30.2 Å². The van der Waals surface area contributed by atoms with E-state index in [-0.39, 0.29) is 24.4 Å². The number of nitrogens with one attached hydrogen (secondary N) is 2. The molecule has 2 aromatic heterocycles. The third kappa shape index (κ3) is 7.12. The standard InChI is InChI=1S/C22H29N5O6S2/c1-34(28,29)14-4-13-32-19-6-3-5-17-20(26-33-21(17)19)18-11-12-23-22(25-18)24-15-7-9-16(10-8-15)27-35(2,30)31/h3,5-6,11-12,15-16,27H,4,7-10,13-14H2,1-2H3,(H,23,24,25)/t15-,16-. The second kappa shape index (κ2) is 10.5. The summed E-state index contributed by atoms with van der Waals surface area (Å²) < 4.78 is 59.5. The molecular weight excluding hydrogens is 494 g/mol. The van der Waals surface area contributed by atoms with E-state index < -0.39 is 19.9 Å². The van der Waals surface area contributed by atoms with Gasteiger partial charge in [0.25, 0.3) is 0 Å². The third-order valence-electron chi connectivity index (χ3n) is 5.72. The first-order chi connectivity index (χ1) is 16.6. The summed E-state index contributed by atoms with van der Waals surface area (Å²) in [6.07, 6.45) is 7.48. The third-order valence-corrected chi connectivity index (χ3v) is 7.51. The van der Waals surface area contributed by atoms with E-state index in [0.29, 0.717) is 35.1 Å². The lowest BCUT2D eigenvalue weighted by molar-refractivity contribution is 0.312. The van der Waals surface area contributed by atoms with Crippen LogP contribution >= 0.6 is 0 Å². The lowest BCUT2D eigenvalue weighted by Gasteiger charge is -2.29. The quantitative estimate of drug-likeness (QED) is 0.379. The van der Waals surface area contributed by atoms with Crippen LogP contribution in [0.2, 0.25) is 0 Å². The molecule has 0 bridgehead atoms. The summed E-state index contributed by atoms with van der Waals surface area (Å²) in [5, 5.41) is 8.26. The number of rotatable bonds is 10. The monoisotopic (exact) mass is 523 g/mol. The predicted octanol–water partition coefficient (Wildman–Crippen LogP) is 2.37. The minimum atomic E-state index is -3.21. The highest BCUT2D eigenvalue weighted by Crippen LogP contribution is 2.33.